The minimum absolute atomic E-state index is 0.0482. The van der Waals surface area contributed by atoms with Crippen LogP contribution < -0.4 is 10.5 Å². The zero-order valence-electron chi connectivity index (χ0n) is 20.7. The lowest BCUT2D eigenvalue weighted by atomic mass is 10.1. The lowest BCUT2D eigenvalue weighted by molar-refractivity contribution is -0.139. The van der Waals surface area contributed by atoms with Crippen LogP contribution in [-0.4, -0.2) is 28.3 Å². The second-order valence-corrected chi connectivity index (χ2v) is 11.3. The number of nitrogens with two attached hydrogens (primary N) is 1. The van der Waals surface area contributed by atoms with Gasteiger partial charge in [0.15, 0.2) is 0 Å². The van der Waals surface area contributed by atoms with Gasteiger partial charge in [-0.25, -0.2) is 4.57 Å². The van der Waals surface area contributed by atoms with Gasteiger partial charge in [-0.15, -0.1) is 15.1 Å². The number of hydrogen-bond acceptors (Lipinski definition) is 8. The second kappa shape index (κ2) is 12.3. The molecule has 2 atom stereocenters. The molecule has 1 unspecified atom stereocenters. The highest BCUT2D eigenvalue weighted by atomic mass is 32.1. The molecule has 1 heterocycles. The first-order valence-electron chi connectivity index (χ1n) is 11.5. The van der Waals surface area contributed by atoms with Crippen molar-refractivity contribution in [2.75, 3.05) is 13.2 Å². The van der Waals surface area contributed by atoms with E-state index in [-0.39, 0.29) is 22.2 Å². The van der Waals surface area contributed by atoms with Crippen LogP contribution in [0.15, 0.2) is 47.4 Å². The maximum atomic E-state index is 13.8. The Morgan fingerprint density at radius 1 is 1.05 bits per heavy atom. The van der Waals surface area contributed by atoms with Gasteiger partial charge in [0, 0.05) is 10.5 Å². The third kappa shape index (κ3) is 8.54. The normalized spacial score (nSPS) is 15.3. The molecule has 3 aromatic rings. The van der Waals surface area contributed by atoms with Crippen LogP contribution in [0.2, 0.25) is 0 Å². The number of nitroso groups, excluding NO2 is 1. The van der Waals surface area contributed by atoms with Gasteiger partial charge in [0.05, 0.1) is 29.9 Å². The SMILES string of the molecule is C[C@](N)(COP(=O)(O)N=O)c1nnc(-c2ccc(OCCCCc3cccc(C(F)(F)F)c3)c(C(F)(F)F)c2)s1. The van der Waals surface area contributed by atoms with Crippen molar-refractivity contribution in [2.45, 2.75) is 44.1 Å². The number of benzene rings is 2. The van der Waals surface area contributed by atoms with Gasteiger partial charge in [0.2, 0.25) is 0 Å². The van der Waals surface area contributed by atoms with E-state index in [1.165, 1.54) is 19.1 Å². The molecule has 40 heavy (non-hydrogen) atoms. The van der Waals surface area contributed by atoms with E-state index in [0.717, 1.165) is 35.6 Å². The van der Waals surface area contributed by atoms with Crippen molar-refractivity contribution < 1.29 is 45.1 Å². The van der Waals surface area contributed by atoms with E-state index in [4.69, 9.17) is 15.4 Å². The minimum Gasteiger partial charge on any atom is -0.493 e. The molecule has 17 heteroatoms. The van der Waals surface area contributed by atoms with Crippen molar-refractivity contribution in [2.24, 2.45) is 10.7 Å². The molecular formula is C23H23F6N4O5PS. The average Bonchev–Trinajstić information content (AvgIpc) is 3.38. The van der Waals surface area contributed by atoms with E-state index in [2.05, 4.69) is 14.7 Å². The Hall–Kier alpha value is -2.91. The molecule has 0 radical (unpaired) electrons. The summed E-state index contributed by atoms with van der Waals surface area (Å²) < 4.78 is 101. The van der Waals surface area contributed by atoms with Crippen molar-refractivity contribution in [3.05, 3.63) is 69.1 Å². The number of hydrogen-bond donors (Lipinski definition) is 2. The molecule has 3 N–H and O–H groups in total. The molecule has 3 rings (SSSR count). The van der Waals surface area contributed by atoms with Crippen molar-refractivity contribution in [3.8, 4) is 16.3 Å². The summed E-state index contributed by atoms with van der Waals surface area (Å²) in [6, 6.07) is 8.12. The molecule has 0 aliphatic rings. The maximum absolute atomic E-state index is 13.8. The fourth-order valence-electron chi connectivity index (χ4n) is 3.40. The lowest BCUT2D eigenvalue weighted by Crippen LogP contribution is -2.37. The fourth-order valence-corrected chi connectivity index (χ4v) is 4.77. The van der Waals surface area contributed by atoms with Crippen LogP contribution in [0.3, 0.4) is 0 Å². The van der Waals surface area contributed by atoms with Gasteiger partial charge < -0.3 is 15.4 Å². The third-order valence-electron chi connectivity index (χ3n) is 5.45. The minimum atomic E-state index is -4.78. The van der Waals surface area contributed by atoms with Crippen LogP contribution in [0.4, 0.5) is 26.3 Å². The van der Waals surface area contributed by atoms with Crippen LogP contribution in [0.5, 0.6) is 5.75 Å². The molecule has 0 fully saturated rings. The standard InChI is InChI=1S/C23H23F6N4O5PS/c1-21(30,13-38-39(35,36)33-34)20-32-31-19(40-20)15-8-9-18(17(12-15)23(27,28)29)37-10-3-2-5-14-6-4-7-16(11-14)22(24,25)26/h4,6-9,11-12H,2-3,5,10,13,30H2,1H3,(H,35,36)/t21-/m0/s1. The number of unbranched alkanes of at least 4 members (excludes halogenated alkanes) is 1. The summed E-state index contributed by atoms with van der Waals surface area (Å²) in [4.78, 5) is 21.4. The number of halogens is 6. The molecule has 1 aromatic heterocycles. The first-order valence-corrected chi connectivity index (χ1v) is 13.8. The van der Waals surface area contributed by atoms with Gasteiger partial charge in [0.25, 0.3) is 0 Å². The summed E-state index contributed by atoms with van der Waals surface area (Å²) in [7, 11) is -4.74. The molecule has 0 aliphatic heterocycles. The summed E-state index contributed by atoms with van der Waals surface area (Å²) >= 11 is 0.815. The molecule has 0 aliphatic carbocycles. The number of ether oxygens (including phenoxy) is 1. The van der Waals surface area contributed by atoms with Crippen LogP contribution in [0.25, 0.3) is 10.6 Å². The van der Waals surface area contributed by atoms with Crippen LogP contribution in [-0.2, 0) is 33.4 Å². The predicted molar refractivity (Wildman–Crippen MR) is 133 cm³/mol. The van der Waals surface area contributed by atoms with Crippen molar-refractivity contribution >= 4 is 19.1 Å². The second-order valence-electron chi connectivity index (χ2n) is 8.89. The first-order chi connectivity index (χ1) is 18.5. The quantitative estimate of drug-likeness (QED) is 0.0998. The molecule has 218 valence electrons. The molecule has 0 bridgehead atoms. The van der Waals surface area contributed by atoms with Gasteiger partial charge in [-0.2, -0.15) is 26.3 Å². The Bertz CT molecular complexity index is 1380. The average molecular weight is 612 g/mol. The molecule has 2 aromatic carbocycles. The highest BCUT2D eigenvalue weighted by Crippen LogP contribution is 2.45. The zero-order valence-corrected chi connectivity index (χ0v) is 22.4. The summed E-state index contributed by atoms with van der Waals surface area (Å²) in [5.74, 6) is -0.433. The lowest BCUT2D eigenvalue weighted by Gasteiger charge is -2.20. The predicted octanol–water partition coefficient (Wildman–Crippen LogP) is 6.70. The molecule has 0 spiro atoms. The zero-order chi connectivity index (χ0) is 29.8. The molecule has 9 nitrogen and oxygen atoms in total. The van der Waals surface area contributed by atoms with E-state index in [9.17, 15) is 35.8 Å². The smallest absolute Gasteiger partial charge is 0.487 e. The fraction of sp³-hybridized carbons (Fsp3) is 0.391. The van der Waals surface area contributed by atoms with E-state index in [1.54, 1.807) is 6.07 Å². The summed E-state index contributed by atoms with van der Waals surface area (Å²) in [6.45, 7) is 0.614. The highest BCUT2D eigenvalue weighted by Gasteiger charge is 2.36. The van der Waals surface area contributed by atoms with Crippen LogP contribution in [0, 0.1) is 4.91 Å². The number of alkyl halides is 6. The monoisotopic (exact) mass is 612 g/mol. The van der Waals surface area contributed by atoms with E-state index >= 15 is 0 Å². The van der Waals surface area contributed by atoms with E-state index in [0.29, 0.717) is 24.8 Å². The Labute approximate surface area is 227 Å². The largest absolute Gasteiger partial charge is 0.493 e. The Morgan fingerprint density at radius 2 is 1.77 bits per heavy atom. The topological polar surface area (TPSA) is 137 Å². The number of rotatable bonds is 12. The summed E-state index contributed by atoms with van der Waals surface area (Å²) in [5.41, 5.74) is 3.17. The summed E-state index contributed by atoms with van der Waals surface area (Å²) in [6.07, 6.45) is -8.26. The molecular weight excluding hydrogens is 589 g/mol. The highest BCUT2D eigenvalue weighted by molar-refractivity contribution is 7.51. The third-order valence-corrected chi connectivity index (χ3v) is 7.38. The number of nitrogens with zero attached hydrogens (tertiary/aromatic N) is 3. The molecule has 0 saturated carbocycles. The van der Waals surface area contributed by atoms with Crippen LogP contribution >= 0.6 is 19.1 Å². The maximum Gasteiger partial charge on any atom is 0.487 e. The van der Waals surface area contributed by atoms with Crippen molar-refractivity contribution in [1.82, 2.24) is 10.2 Å². The van der Waals surface area contributed by atoms with Crippen molar-refractivity contribution in [1.29, 1.82) is 0 Å². The Kier molecular flexibility index (Phi) is 9.73. The molecule has 0 amide bonds. The van der Waals surface area contributed by atoms with Gasteiger partial charge in [-0.05, 0) is 56.0 Å². The van der Waals surface area contributed by atoms with E-state index in [1.807, 2.05) is 4.95 Å². The van der Waals surface area contributed by atoms with Gasteiger partial charge in [-0.3, -0.25) is 4.52 Å². The van der Waals surface area contributed by atoms with Gasteiger partial charge in [0.1, 0.15) is 15.8 Å². The Morgan fingerprint density at radius 3 is 2.42 bits per heavy atom. The van der Waals surface area contributed by atoms with Gasteiger partial charge in [-0.1, -0.05) is 29.5 Å². The van der Waals surface area contributed by atoms with Crippen molar-refractivity contribution in [3.63, 3.8) is 0 Å². The first kappa shape index (κ1) is 31.6. The number of aromatic nitrogens is 2. The van der Waals surface area contributed by atoms with Crippen LogP contribution in [0.1, 0.15) is 41.5 Å². The van der Waals surface area contributed by atoms with E-state index < -0.39 is 49.1 Å². The summed E-state index contributed by atoms with van der Waals surface area (Å²) in [5, 5.41) is 7.79. The number of aryl methyl sites for hydroxylation is 1. The molecule has 0 saturated heterocycles. The van der Waals surface area contributed by atoms with Gasteiger partial charge >= 0.3 is 20.1 Å². The Balaban J connectivity index is 1.66.